The van der Waals surface area contributed by atoms with Crippen molar-refractivity contribution in [1.29, 1.82) is 0 Å². The molecule has 0 amide bonds. The number of methoxy groups -OCH3 is 1. The van der Waals surface area contributed by atoms with Crippen LogP contribution in [0.5, 0.6) is 0 Å². The van der Waals surface area contributed by atoms with E-state index in [-0.39, 0.29) is 11.5 Å². The maximum atomic E-state index is 12.1. The predicted octanol–water partition coefficient (Wildman–Crippen LogP) is 2.23. The Morgan fingerprint density at radius 3 is 2.59 bits per heavy atom. The highest BCUT2D eigenvalue weighted by molar-refractivity contribution is 5.89. The van der Waals surface area contributed by atoms with Crippen LogP contribution in [-0.2, 0) is 11.3 Å². The van der Waals surface area contributed by atoms with Crippen molar-refractivity contribution < 1.29 is 9.53 Å². The number of ether oxygens (including phenoxy) is 1. The Kier molecular flexibility index (Phi) is 3.70. The summed E-state index contributed by atoms with van der Waals surface area (Å²) in [6.45, 7) is 0.420. The Morgan fingerprint density at radius 2 is 1.86 bits per heavy atom. The smallest absolute Gasteiger partial charge is 0.337 e. The zero-order valence-electron chi connectivity index (χ0n) is 12.0. The Morgan fingerprint density at radius 1 is 1.14 bits per heavy atom. The lowest BCUT2D eigenvalue weighted by Gasteiger charge is -2.09. The monoisotopic (exact) mass is 294 g/mol. The molecule has 5 heteroatoms. The van der Waals surface area contributed by atoms with Crippen molar-refractivity contribution >= 4 is 17.0 Å². The van der Waals surface area contributed by atoms with Crippen LogP contribution in [0, 0.1) is 0 Å². The zero-order chi connectivity index (χ0) is 15.5. The highest BCUT2D eigenvalue weighted by atomic mass is 16.5. The van der Waals surface area contributed by atoms with Gasteiger partial charge < -0.3 is 9.30 Å². The largest absolute Gasteiger partial charge is 0.465 e. The van der Waals surface area contributed by atoms with Crippen molar-refractivity contribution in [1.82, 2.24) is 9.55 Å². The molecule has 0 saturated carbocycles. The second kappa shape index (κ2) is 5.81. The van der Waals surface area contributed by atoms with Gasteiger partial charge in [-0.3, -0.25) is 4.79 Å². The van der Waals surface area contributed by atoms with Gasteiger partial charge in [0.2, 0.25) is 0 Å². The lowest BCUT2D eigenvalue weighted by Crippen LogP contribution is -2.21. The summed E-state index contributed by atoms with van der Waals surface area (Å²) in [6.07, 6.45) is 1.32. The Hall–Kier alpha value is -2.95. The minimum Gasteiger partial charge on any atom is -0.465 e. The number of carbonyl (C=O) groups excluding carboxylic acids is 1. The van der Waals surface area contributed by atoms with E-state index in [4.69, 9.17) is 0 Å². The normalized spacial score (nSPS) is 10.6. The second-order valence-corrected chi connectivity index (χ2v) is 4.86. The summed E-state index contributed by atoms with van der Waals surface area (Å²) in [5.74, 6) is -0.377. The van der Waals surface area contributed by atoms with Gasteiger partial charge in [0, 0.05) is 0 Å². The summed E-state index contributed by atoms with van der Waals surface area (Å²) in [5, 5.41) is 0. The first kappa shape index (κ1) is 14.0. The van der Waals surface area contributed by atoms with E-state index in [2.05, 4.69) is 9.72 Å². The Labute approximate surface area is 126 Å². The number of esters is 1. The van der Waals surface area contributed by atoms with Crippen molar-refractivity contribution in [2.75, 3.05) is 7.11 Å². The fourth-order valence-corrected chi connectivity index (χ4v) is 2.32. The molecule has 1 aromatic heterocycles. The van der Waals surface area contributed by atoms with E-state index in [0.29, 0.717) is 12.1 Å². The second-order valence-electron chi connectivity index (χ2n) is 4.86. The molecule has 0 spiro atoms. The molecule has 0 unspecified atom stereocenters. The van der Waals surface area contributed by atoms with E-state index in [1.165, 1.54) is 13.3 Å². The highest BCUT2D eigenvalue weighted by Crippen LogP contribution is 2.12. The molecular formula is C17H14N2O3. The lowest BCUT2D eigenvalue weighted by atomic mass is 10.1. The van der Waals surface area contributed by atoms with Gasteiger partial charge in [0.05, 0.1) is 36.4 Å². The van der Waals surface area contributed by atoms with Gasteiger partial charge in [0.1, 0.15) is 0 Å². The molecule has 0 fully saturated rings. The molecule has 110 valence electrons. The van der Waals surface area contributed by atoms with Crippen LogP contribution in [0.15, 0.2) is 59.5 Å². The first-order valence-electron chi connectivity index (χ1n) is 6.81. The first-order valence-corrected chi connectivity index (χ1v) is 6.81. The molecule has 0 aliphatic heterocycles. The number of rotatable bonds is 3. The molecular weight excluding hydrogens is 280 g/mol. The number of nitrogens with zero attached hydrogens (tertiary/aromatic N) is 2. The molecule has 5 nitrogen and oxygen atoms in total. The van der Waals surface area contributed by atoms with Crippen LogP contribution in [-0.4, -0.2) is 22.6 Å². The molecule has 0 aliphatic rings. The summed E-state index contributed by atoms with van der Waals surface area (Å²) in [7, 11) is 1.35. The van der Waals surface area contributed by atoms with Crippen LogP contribution in [0.4, 0.5) is 0 Å². The summed E-state index contributed by atoms with van der Waals surface area (Å²) in [6, 6.07) is 14.5. The molecule has 3 aromatic rings. The standard InChI is InChI=1S/C17H14N2O3/c1-22-17(21)13-8-6-12(7-9-13)11-19-15-5-3-2-4-14(15)18-10-16(19)20/h2-10H,11H2,1H3. The van der Waals surface area contributed by atoms with Gasteiger partial charge in [-0.15, -0.1) is 0 Å². The van der Waals surface area contributed by atoms with Crippen LogP contribution in [0.25, 0.3) is 11.0 Å². The quantitative estimate of drug-likeness (QED) is 0.695. The molecule has 0 aliphatic carbocycles. The lowest BCUT2D eigenvalue weighted by molar-refractivity contribution is 0.0600. The molecule has 0 N–H and O–H groups in total. The fourth-order valence-electron chi connectivity index (χ4n) is 2.32. The van der Waals surface area contributed by atoms with Crippen molar-refractivity contribution in [3.8, 4) is 0 Å². The van der Waals surface area contributed by atoms with Gasteiger partial charge in [0.25, 0.3) is 5.56 Å². The first-order chi connectivity index (χ1) is 10.7. The number of hydrogen-bond acceptors (Lipinski definition) is 4. The van der Waals surface area contributed by atoms with Gasteiger partial charge >= 0.3 is 5.97 Å². The zero-order valence-corrected chi connectivity index (χ0v) is 12.0. The Bertz CT molecular complexity index is 882. The molecule has 3 rings (SSSR count). The van der Waals surface area contributed by atoms with Gasteiger partial charge in [-0.25, -0.2) is 9.78 Å². The average Bonchev–Trinajstić information content (AvgIpc) is 2.57. The van der Waals surface area contributed by atoms with Crippen molar-refractivity contribution in [2.24, 2.45) is 0 Å². The van der Waals surface area contributed by atoms with Crippen LogP contribution < -0.4 is 5.56 Å². The maximum Gasteiger partial charge on any atom is 0.337 e. The third-order valence-corrected chi connectivity index (χ3v) is 3.47. The van der Waals surface area contributed by atoms with E-state index in [0.717, 1.165) is 16.6 Å². The number of para-hydroxylation sites is 2. The number of hydrogen-bond donors (Lipinski definition) is 0. The molecule has 0 saturated heterocycles. The molecule has 0 radical (unpaired) electrons. The van der Waals surface area contributed by atoms with Gasteiger partial charge in [-0.2, -0.15) is 0 Å². The van der Waals surface area contributed by atoms with E-state index < -0.39 is 0 Å². The minimum absolute atomic E-state index is 0.157. The summed E-state index contributed by atoms with van der Waals surface area (Å²) in [5.41, 5.74) is 2.81. The number of benzene rings is 2. The molecule has 1 heterocycles. The van der Waals surface area contributed by atoms with Gasteiger partial charge in [-0.05, 0) is 29.8 Å². The summed E-state index contributed by atoms with van der Waals surface area (Å²) in [4.78, 5) is 27.6. The number of fused-ring (bicyclic) bond motifs is 1. The number of aromatic nitrogens is 2. The fraction of sp³-hybridized carbons (Fsp3) is 0.118. The van der Waals surface area contributed by atoms with E-state index in [9.17, 15) is 9.59 Å². The van der Waals surface area contributed by atoms with Crippen molar-refractivity contribution in [2.45, 2.75) is 6.54 Å². The topological polar surface area (TPSA) is 61.2 Å². The van der Waals surface area contributed by atoms with Crippen molar-refractivity contribution in [3.05, 3.63) is 76.2 Å². The molecule has 22 heavy (non-hydrogen) atoms. The molecule has 0 bridgehead atoms. The van der Waals surface area contributed by atoms with E-state index in [1.54, 1.807) is 16.7 Å². The van der Waals surface area contributed by atoms with Crippen LogP contribution in [0.2, 0.25) is 0 Å². The molecule has 0 atom stereocenters. The number of carbonyl (C=O) groups is 1. The SMILES string of the molecule is COC(=O)c1ccc(Cn2c(=O)cnc3ccccc32)cc1. The van der Waals surface area contributed by atoms with Crippen LogP contribution >= 0.6 is 0 Å². The van der Waals surface area contributed by atoms with E-state index in [1.807, 2.05) is 36.4 Å². The maximum absolute atomic E-state index is 12.1. The summed E-state index contributed by atoms with van der Waals surface area (Å²) < 4.78 is 6.33. The predicted molar refractivity (Wildman–Crippen MR) is 82.9 cm³/mol. The molecule has 2 aromatic carbocycles. The summed E-state index contributed by atoms with van der Waals surface area (Å²) >= 11 is 0. The van der Waals surface area contributed by atoms with E-state index >= 15 is 0 Å². The highest BCUT2D eigenvalue weighted by Gasteiger charge is 2.07. The third kappa shape index (κ3) is 2.61. The van der Waals surface area contributed by atoms with Crippen LogP contribution in [0.1, 0.15) is 15.9 Å². The van der Waals surface area contributed by atoms with Crippen LogP contribution in [0.3, 0.4) is 0 Å². The Balaban J connectivity index is 1.98. The third-order valence-electron chi connectivity index (χ3n) is 3.47. The minimum atomic E-state index is -0.377. The van der Waals surface area contributed by atoms with Gasteiger partial charge in [0.15, 0.2) is 0 Å². The van der Waals surface area contributed by atoms with Gasteiger partial charge in [-0.1, -0.05) is 24.3 Å². The average molecular weight is 294 g/mol. The van der Waals surface area contributed by atoms with Crippen molar-refractivity contribution in [3.63, 3.8) is 0 Å².